The number of aromatic nitrogens is 3. The van der Waals surface area contributed by atoms with E-state index in [2.05, 4.69) is 34.8 Å². The third kappa shape index (κ3) is 4.13. The highest BCUT2D eigenvalue weighted by Crippen LogP contribution is 2.31. The lowest BCUT2D eigenvalue weighted by atomic mass is 10.00. The zero-order chi connectivity index (χ0) is 22.8. The SMILES string of the molecule is CC[C@@H]1CN(c2cc(=O)n(C)c3cn(CC#N)nc23)[C@@H](CC)CN1Cc1ccc(F)cc1. The fraction of sp³-hybridized carbons (Fsp3) is 0.458. The molecule has 32 heavy (non-hydrogen) atoms. The first-order valence-electron chi connectivity index (χ1n) is 11.1. The van der Waals surface area contributed by atoms with Crippen molar-refractivity contribution in [2.24, 2.45) is 7.05 Å². The highest BCUT2D eigenvalue weighted by molar-refractivity contribution is 5.88. The summed E-state index contributed by atoms with van der Waals surface area (Å²) in [5.74, 6) is -0.220. The Balaban J connectivity index is 1.69. The Labute approximate surface area is 187 Å². The molecule has 0 N–H and O–H groups in total. The van der Waals surface area contributed by atoms with Gasteiger partial charge in [-0.25, -0.2) is 4.39 Å². The zero-order valence-corrected chi connectivity index (χ0v) is 18.8. The third-order valence-corrected chi connectivity index (χ3v) is 6.53. The summed E-state index contributed by atoms with van der Waals surface area (Å²) in [6.45, 7) is 6.88. The molecule has 1 aliphatic heterocycles. The molecule has 0 aliphatic carbocycles. The van der Waals surface area contributed by atoms with Crippen molar-refractivity contribution in [3.8, 4) is 6.07 Å². The van der Waals surface area contributed by atoms with Crippen molar-refractivity contribution in [2.75, 3.05) is 18.0 Å². The van der Waals surface area contributed by atoms with Crippen LogP contribution in [0, 0.1) is 17.1 Å². The molecule has 4 rings (SSSR count). The lowest BCUT2D eigenvalue weighted by Gasteiger charge is -2.47. The first kappa shape index (κ1) is 22.0. The van der Waals surface area contributed by atoms with Crippen LogP contribution in [0.1, 0.15) is 32.3 Å². The molecule has 1 aromatic carbocycles. The van der Waals surface area contributed by atoms with Gasteiger partial charge >= 0.3 is 0 Å². The van der Waals surface area contributed by atoms with Gasteiger partial charge in [0.25, 0.3) is 5.56 Å². The summed E-state index contributed by atoms with van der Waals surface area (Å²) in [5, 5.41) is 13.7. The van der Waals surface area contributed by atoms with E-state index in [0.29, 0.717) is 6.04 Å². The van der Waals surface area contributed by atoms with Crippen LogP contribution in [0.15, 0.2) is 41.3 Å². The normalized spacial score (nSPS) is 19.4. The van der Waals surface area contributed by atoms with E-state index in [-0.39, 0.29) is 24.0 Å². The first-order chi connectivity index (χ1) is 15.4. The fourth-order valence-electron chi connectivity index (χ4n) is 4.67. The predicted octanol–water partition coefficient (Wildman–Crippen LogP) is 3.28. The van der Waals surface area contributed by atoms with E-state index in [0.717, 1.165) is 54.8 Å². The maximum absolute atomic E-state index is 13.3. The second-order valence-corrected chi connectivity index (χ2v) is 8.48. The molecule has 2 aromatic heterocycles. The molecule has 3 aromatic rings. The number of aryl methyl sites for hydroxylation is 1. The van der Waals surface area contributed by atoms with E-state index in [1.807, 2.05) is 12.1 Å². The molecular formula is C24H29FN6O. The standard InChI is InChI=1S/C24H29FN6O/c1-4-19-15-31(20(5-2)14-29(19)13-17-6-8-18(25)9-7-17)21-12-23(32)28(3)22-16-30(11-10-26)27-24(21)22/h6-9,12,16,19-20H,4-5,11,13-15H2,1-3H3/t19-,20+/m1/s1. The van der Waals surface area contributed by atoms with Gasteiger partial charge in [0, 0.05) is 44.8 Å². The average molecular weight is 437 g/mol. The second-order valence-electron chi connectivity index (χ2n) is 8.48. The van der Waals surface area contributed by atoms with E-state index in [1.165, 1.54) is 12.1 Å². The highest BCUT2D eigenvalue weighted by atomic mass is 19.1. The Hall–Kier alpha value is -3.18. The van der Waals surface area contributed by atoms with Crippen LogP contribution in [-0.4, -0.2) is 44.4 Å². The first-order valence-corrected chi connectivity index (χ1v) is 11.1. The summed E-state index contributed by atoms with van der Waals surface area (Å²) in [6, 6.07) is 11.0. The zero-order valence-electron chi connectivity index (χ0n) is 18.8. The summed E-state index contributed by atoms with van der Waals surface area (Å²) in [6.07, 6.45) is 3.66. The number of anilines is 1. The minimum absolute atomic E-state index is 0.0827. The predicted molar refractivity (Wildman–Crippen MR) is 123 cm³/mol. The number of hydrogen-bond donors (Lipinski definition) is 0. The van der Waals surface area contributed by atoms with Crippen LogP contribution in [-0.2, 0) is 20.1 Å². The van der Waals surface area contributed by atoms with Gasteiger partial charge in [-0.15, -0.1) is 0 Å². The molecule has 0 unspecified atom stereocenters. The van der Waals surface area contributed by atoms with Crippen molar-refractivity contribution in [1.82, 2.24) is 19.2 Å². The van der Waals surface area contributed by atoms with Gasteiger partial charge in [-0.3, -0.25) is 14.4 Å². The number of fused-ring (bicyclic) bond motifs is 1. The van der Waals surface area contributed by atoms with Gasteiger partial charge in [0.05, 0.1) is 23.5 Å². The second kappa shape index (κ2) is 9.13. The van der Waals surface area contributed by atoms with Gasteiger partial charge in [-0.05, 0) is 30.5 Å². The van der Waals surface area contributed by atoms with Crippen LogP contribution >= 0.6 is 0 Å². The Morgan fingerprint density at radius 1 is 1.16 bits per heavy atom. The van der Waals surface area contributed by atoms with Crippen molar-refractivity contribution < 1.29 is 4.39 Å². The lowest BCUT2D eigenvalue weighted by Crippen LogP contribution is -2.58. The molecule has 168 valence electrons. The van der Waals surface area contributed by atoms with Crippen LogP contribution in [0.4, 0.5) is 10.1 Å². The van der Waals surface area contributed by atoms with Gasteiger partial charge in [-0.2, -0.15) is 10.4 Å². The Morgan fingerprint density at radius 2 is 1.88 bits per heavy atom. The molecule has 1 aliphatic rings. The van der Waals surface area contributed by atoms with Crippen LogP contribution < -0.4 is 10.5 Å². The largest absolute Gasteiger partial charge is 0.364 e. The van der Waals surface area contributed by atoms with Gasteiger partial charge in [-0.1, -0.05) is 26.0 Å². The number of nitrogens with zero attached hydrogens (tertiary/aromatic N) is 6. The maximum Gasteiger partial charge on any atom is 0.252 e. The summed E-state index contributed by atoms with van der Waals surface area (Å²) >= 11 is 0. The molecule has 0 spiro atoms. The van der Waals surface area contributed by atoms with Crippen molar-refractivity contribution >= 4 is 16.7 Å². The van der Waals surface area contributed by atoms with E-state index in [4.69, 9.17) is 5.26 Å². The summed E-state index contributed by atoms with van der Waals surface area (Å²) in [4.78, 5) is 17.5. The molecule has 0 amide bonds. The van der Waals surface area contributed by atoms with Crippen LogP contribution in [0.25, 0.3) is 11.0 Å². The molecular weight excluding hydrogens is 407 g/mol. The molecule has 8 heteroatoms. The summed E-state index contributed by atoms with van der Waals surface area (Å²) in [7, 11) is 1.74. The Morgan fingerprint density at radius 3 is 2.53 bits per heavy atom. The highest BCUT2D eigenvalue weighted by Gasteiger charge is 2.33. The molecule has 3 heterocycles. The summed E-state index contributed by atoms with van der Waals surface area (Å²) in [5.41, 5.74) is 3.34. The van der Waals surface area contributed by atoms with Gasteiger partial charge in [0.1, 0.15) is 17.9 Å². The van der Waals surface area contributed by atoms with Crippen molar-refractivity contribution in [2.45, 2.75) is 51.9 Å². The van der Waals surface area contributed by atoms with Crippen LogP contribution in [0.2, 0.25) is 0 Å². The molecule has 1 saturated heterocycles. The number of nitriles is 1. The van der Waals surface area contributed by atoms with Gasteiger partial charge < -0.3 is 9.47 Å². The molecule has 1 fully saturated rings. The number of piperazine rings is 1. The number of hydrogen-bond acceptors (Lipinski definition) is 5. The Bertz CT molecular complexity index is 1190. The molecule has 7 nitrogen and oxygen atoms in total. The van der Waals surface area contributed by atoms with Gasteiger partial charge in [0.2, 0.25) is 0 Å². The molecule has 2 atom stereocenters. The minimum atomic E-state index is -0.220. The van der Waals surface area contributed by atoms with Crippen LogP contribution in [0.3, 0.4) is 0 Å². The topological polar surface area (TPSA) is 70.1 Å². The van der Waals surface area contributed by atoms with E-state index < -0.39 is 0 Å². The van der Waals surface area contributed by atoms with Gasteiger partial charge in [0.15, 0.2) is 0 Å². The average Bonchev–Trinajstić information content (AvgIpc) is 3.22. The Kier molecular flexibility index (Phi) is 6.28. The quantitative estimate of drug-likeness (QED) is 0.593. The number of benzene rings is 1. The molecule has 0 radical (unpaired) electrons. The lowest BCUT2D eigenvalue weighted by molar-refractivity contribution is 0.136. The number of pyridine rings is 1. The fourth-order valence-corrected chi connectivity index (χ4v) is 4.67. The number of halogens is 1. The smallest absolute Gasteiger partial charge is 0.252 e. The summed E-state index contributed by atoms with van der Waals surface area (Å²) < 4.78 is 16.5. The van der Waals surface area contributed by atoms with E-state index in [9.17, 15) is 9.18 Å². The van der Waals surface area contributed by atoms with Crippen LogP contribution in [0.5, 0.6) is 0 Å². The van der Waals surface area contributed by atoms with E-state index >= 15 is 0 Å². The van der Waals surface area contributed by atoms with Crippen molar-refractivity contribution in [3.63, 3.8) is 0 Å². The maximum atomic E-state index is 13.3. The third-order valence-electron chi connectivity index (χ3n) is 6.53. The monoisotopic (exact) mass is 436 g/mol. The van der Waals surface area contributed by atoms with Crippen molar-refractivity contribution in [3.05, 3.63) is 58.3 Å². The number of rotatable bonds is 6. The minimum Gasteiger partial charge on any atom is -0.364 e. The molecule has 0 bridgehead atoms. The van der Waals surface area contributed by atoms with E-state index in [1.54, 1.807) is 28.6 Å². The van der Waals surface area contributed by atoms with Crippen molar-refractivity contribution in [1.29, 1.82) is 5.26 Å². The molecule has 0 saturated carbocycles.